The molecule has 0 aliphatic heterocycles. The normalized spacial score (nSPS) is 8.43. The maximum Gasteiger partial charge on any atom is 0.0880 e. The van der Waals surface area contributed by atoms with Gasteiger partial charge < -0.3 is 0 Å². The van der Waals surface area contributed by atoms with Crippen molar-refractivity contribution in [3.05, 3.63) is 43.7 Å². The van der Waals surface area contributed by atoms with E-state index in [-0.39, 0.29) is 6.54 Å². The Labute approximate surface area is 94.8 Å². The van der Waals surface area contributed by atoms with Crippen molar-refractivity contribution in [1.29, 1.82) is 0 Å². The molecule has 0 bridgehead atoms. The number of halogens is 2. The maximum absolute atomic E-state index is 8.01. The minimum atomic E-state index is 0.167. The molecule has 0 radical (unpaired) electrons. The molecular weight excluding hydrogens is 265 g/mol. The summed E-state index contributed by atoms with van der Waals surface area (Å²) >= 11 is 9.11. The molecule has 5 heteroatoms. The van der Waals surface area contributed by atoms with Gasteiger partial charge in [-0.25, -0.2) is 0 Å². The molecule has 0 aromatic heterocycles. The van der Waals surface area contributed by atoms with Crippen molar-refractivity contribution in [2.24, 2.45) is 5.11 Å². The van der Waals surface area contributed by atoms with E-state index < -0.39 is 0 Å². The van der Waals surface area contributed by atoms with Gasteiger partial charge in [-0.2, -0.15) is 0 Å². The summed E-state index contributed by atoms with van der Waals surface area (Å²) in [6.07, 6.45) is 0. The quantitative estimate of drug-likeness (QED) is 0.323. The molecule has 14 heavy (non-hydrogen) atoms. The summed E-state index contributed by atoms with van der Waals surface area (Å²) in [4.78, 5) is 2.59. The van der Waals surface area contributed by atoms with Crippen molar-refractivity contribution < 1.29 is 0 Å². The number of rotatable bonds is 1. The molecule has 0 saturated carbocycles. The molecule has 1 aromatic rings. The van der Waals surface area contributed by atoms with Crippen LogP contribution >= 0.6 is 27.5 Å². The Morgan fingerprint density at radius 2 is 2.29 bits per heavy atom. The molecule has 70 valence electrons. The second kappa shape index (κ2) is 5.56. The Bertz CT molecular complexity index is 421. The number of hydrogen-bond acceptors (Lipinski definition) is 1. The minimum Gasteiger partial charge on any atom is -0.0919 e. The van der Waals surface area contributed by atoms with Gasteiger partial charge in [-0.15, -0.1) is 0 Å². The van der Waals surface area contributed by atoms with Gasteiger partial charge in [0.15, 0.2) is 0 Å². The number of hydrogen-bond donors (Lipinski definition) is 0. The van der Waals surface area contributed by atoms with E-state index in [0.29, 0.717) is 5.02 Å². The lowest BCUT2D eigenvalue weighted by molar-refractivity contribution is 1.25. The summed E-state index contributed by atoms with van der Waals surface area (Å²) in [7, 11) is 0. The van der Waals surface area contributed by atoms with E-state index in [0.717, 1.165) is 10.0 Å². The van der Waals surface area contributed by atoms with Crippen LogP contribution in [-0.2, 0) is 0 Å². The summed E-state index contributed by atoms with van der Waals surface area (Å²) in [6, 6.07) is 5.37. The van der Waals surface area contributed by atoms with Crippen LogP contribution in [0.5, 0.6) is 0 Å². The molecule has 0 atom stereocenters. The van der Waals surface area contributed by atoms with Gasteiger partial charge in [0, 0.05) is 20.0 Å². The van der Waals surface area contributed by atoms with Gasteiger partial charge in [0.25, 0.3) is 0 Å². The van der Waals surface area contributed by atoms with Crippen molar-refractivity contribution in [3.63, 3.8) is 0 Å². The smallest absolute Gasteiger partial charge is 0.0880 e. The van der Waals surface area contributed by atoms with Crippen molar-refractivity contribution in [2.45, 2.75) is 0 Å². The SMILES string of the molecule is [N-]=[N+]=NCC#Cc1cc(Cl)cc(Br)c1. The van der Waals surface area contributed by atoms with E-state index in [9.17, 15) is 0 Å². The van der Waals surface area contributed by atoms with Gasteiger partial charge in [0.05, 0.1) is 6.54 Å². The second-order valence-electron chi connectivity index (χ2n) is 2.35. The van der Waals surface area contributed by atoms with Crippen LogP contribution in [-0.4, -0.2) is 6.54 Å². The average molecular weight is 271 g/mol. The second-order valence-corrected chi connectivity index (χ2v) is 3.70. The number of benzene rings is 1. The molecule has 3 nitrogen and oxygen atoms in total. The summed E-state index contributed by atoms with van der Waals surface area (Å²) in [6.45, 7) is 0.167. The molecule has 0 unspecified atom stereocenters. The van der Waals surface area contributed by atoms with Crippen molar-refractivity contribution in [1.82, 2.24) is 0 Å². The van der Waals surface area contributed by atoms with Gasteiger partial charge >= 0.3 is 0 Å². The Kier molecular flexibility index (Phi) is 4.34. The monoisotopic (exact) mass is 269 g/mol. The van der Waals surface area contributed by atoms with Crippen molar-refractivity contribution in [2.75, 3.05) is 6.54 Å². The Balaban J connectivity index is 2.84. The molecule has 0 spiro atoms. The fourth-order valence-corrected chi connectivity index (χ4v) is 1.69. The third kappa shape index (κ3) is 3.71. The zero-order valence-corrected chi connectivity index (χ0v) is 9.38. The van der Waals surface area contributed by atoms with Crippen LogP contribution in [0.3, 0.4) is 0 Å². The molecule has 0 fully saturated rings. The van der Waals surface area contributed by atoms with Gasteiger partial charge in [0.1, 0.15) is 0 Å². The van der Waals surface area contributed by atoms with Crippen LogP contribution < -0.4 is 0 Å². The summed E-state index contributed by atoms with van der Waals surface area (Å²) in [5, 5.41) is 3.91. The molecule has 1 rings (SSSR count). The molecule has 0 heterocycles. The summed E-state index contributed by atoms with van der Waals surface area (Å²) in [5.41, 5.74) is 8.80. The fraction of sp³-hybridized carbons (Fsp3) is 0.111. The largest absolute Gasteiger partial charge is 0.0919 e. The first-order valence-corrected chi connectivity index (χ1v) is 4.85. The van der Waals surface area contributed by atoms with E-state index in [4.69, 9.17) is 17.1 Å². The molecule has 0 N–H and O–H groups in total. The lowest BCUT2D eigenvalue weighted by atomic mass is 10.2. The lowest BCUT2D eigenvalue weighted by Crippen LogP contribution is -1.76. The number of azide groups is 1. The average Bonchev–Trinajstić information content (AvgIpc) is 2.11. The van der Waals surface area contributed by atoms with Gasteiger partial charge in [0.2, 0.25) is 0 Å². The van der Waals surface area contributed by atoms with Crippen LogP contribution in [0, 0.1) is 11.8 Å². The van der Waals surface area contributed by atoms with E-state index in [1.165, 1.54) is 0 Å². The fourth-order valence-electron chi connectivity index (χ4n) is 0.835. The molecule has 1 aromatic carbocycles. The van der Waals surface area contributed by atoms with Gasteiger partial charge in [-0.3, -0.25) is 0 Å². The lowest BCUT2D eigenvalue weighted by Gasteiger charge is -1.94. The zero-order chi connectivity index (χ0) is 10.4. The minimum absolute atomic E-state index is 0.167. The van der Waals surface area contributed by atoms with Crippen LogP contribution in [0.4, 0.5) is 0 Å². The summed E-state index contributed by atoms with van der Waals surface area (Å²) < 4.78 is 0.873. The molecule has 0 amide bonds. The highest BCUT2D eigenvalue weighted by atomic mass is 79.9. The van der Waals surface area contributed by atoms with E-state index in [1.54, 1.807) is 12.1 Å². The van der Waals surface area contributed by atoms with Crippen LogP contribution in [0.15, 0.2) is 27.8 Å². The molecule has 0 saturated heterocycles. The third-order valence-corrected chi connectivity index (χ3v) is 1.98. The van der Waals surface area contributed by atoms with Crippen molar-refractivity contribution in [3.8, 4) is 11.8 Å². The van der Waals surface area contributed by atoms with Crippen LogP contribution in [0.2, 0.25) is 5.02 Å². The predicted octanol–water partition coefficient (Wildman–Crippen LogP) is 3.76. The molecular formula is C9H5BrClN3. The topological polar surface area (TPSA) is 48.8 Å². The molecule has 0 aliphatic carbocycles. The van der Waals surface area contributed by atoms with Gasteiger partial charge in [-0.05, 0) is 23.7 Å². The predicted molar refractivity (Wildman–Crippen MR) is 60.0 cm³/mol. The first kappa shape index (κ1) is 10.9. The van der Waals surface area contributed by atoms with E-state index >= 15 is 0 Å². The first-order valence-electron chi connectivity index (χ1n) is 3.68. The van der Waals surface area contributed by atoms with Gasteiger partial charge in [-0.1, -0.05) is 44.5 Å². The molecule has 0 aliphatic rings. The Morgan fingerprint density at radius 1 is 1.50 bits per heavy atom. The van der Waals surface area contributed by atoms with Crippen molar-refractivity contribution >= 4 is 27.5 Å². The highest BCUT2D eigenvalue weighted by Crippen LogP contribution is 2.18. The van der Waals surface area contributed by atoms with Crippen LogP contribution in [0.1, 0.15) is 5.56 Å². The number of nitrogens with zero attached hydrogens (tertiary/aromatic N) is 3. The summed E-state index contributed by atoms with van der Waals surface area (Å²) in [5.74, 6) is 5.54. The highest BCUT2D eigenvalue weighted by Gasteiger charge is 1.93. The maximum atomic E-state index is 8.01. The standard InChI is InChI=1S/C9H5BrClN3/c10-8-4-7(5-9(11)6-8)2-1-3-13-14-12/h4-6H,3H2. The Hall–Kier alpha value is -1.14. The first-order chi connectivity index (χ1) is 6.72. The van der Waals surface area contributed by atoms with E-state index in [2.05, 4.69) is 37.8 Å². The third-order valence-electron chi connectivity index (χ3n) is 1.31. The zero-order valence-electron chi connectivity index (χ0n) is 7.04. The van der Waals surface area contributed by atoms with E-state index in [1.807, 2.05) is 6.07 Å². The Morgan fingerprint density at radius 3 is 2.93 bits per heavy atom. The van der Waals surface area contributed by atoms with Crippen LogP contribution in [0.25, 0.3) is 10.4 Å². The highest BCUT2D eigenvalue weighted by molar-refractivity contribution is 9.10.